The second-order valence-electron chi connectivity index (χ2n) is 9.26. The molecule has 0 N–H and O–H groups in total. The predicted octanol–water partition coefficient (Wildman–Crippen LogP) is 4.73. The summed E-state index contributed by atoms with van der Waals surface area (Å²) in [7, 11) is 1.83. The molecule has 6 heteroatoms. The van der Waals surface area contributed by atoms with Crippen molar-refractivity contribution in [3.05, 3.63) is 60.2 Å². The number of hydrogen-bond donors (Lipinski definition) is 0. The molecule has 1 saturated heterocycles. The van der Waals surface area contributed by atoms with Gasteiger partial charge in [0.15, 0.2) is 0 Å². The average Bonchev–Trinajstić information content (AvgIpc) is 2.78. The molecule has 1 fully saturated rings. The van der Waals surface area contributed by atoms with Gasteiger partial charge >= 0.3 is 6.09 Å². The minimum absolute atomic E-state index is 0.125. The number of anilines is 2. The highest BCUT2D eigenvalue weighted by Crippen LogP contribution is 2.23. The number of hydrogen-bond acceptors (Lipinski definition) is 4. The Kier molecular flexibility index (Phi) is 7.78. The zero-order valence-electron chi connectivity index (χ0n) is 19.7. The van der Waals surface area contributed by atoms with E-state index in [9.17, 15) is 9.59 Å². The summed E-state index contributed by atoms with van der Waals surface area (Å²) >= 11 is 0. The van der Waals surface area contributed by atoms with E-state index in [0.717, 1.165) is 37.3 Å². The molecule has 0 spiro atoms. The Morgan fingerprint density at radius 3 is 2.16 bits per heavy atom. The summed E-state index contributed by atoms with van der Waals surface area (Å²) in [5, 5.41) is 0. The molecule has 1 aliphatic rings. The fourth-order valence-corrected chi connectivity index (χ4v) is 3.76. The molecule has 0 unspecified atom stereocenters. The van der Waals surface area contributed by atoms with E-state index in [-0.39, 0.29) is 12.0 Å². The Morgan fingerprint density at radius 2 is 1.56 bits per heavy atom. The Hall–Kier alpha value is -3.02. The van der Waals surface area contributed by atoms with Crippen LogP contribution in [0.15, 0.2) is 54.6 Å². The third-order valence-corrected chi connectivity index (χ3v) is 5.61. The number of nitrogens with zero attached hydrogens (tertiary/aromatic N) is 3. The highest BCUT2D eigenvalue weighted by molar-refractivity contribution is 5.92. The van der Waals surface area contributed by atoms with Gasteiger partial charge in [0.1, 0.15) is 5.60 Å². The highest BCUT2D eigenvalue weighted by Gasteiger charge is 2.26. The van der Waals surface area contributed by atoms with Crippen molar-refractivity contribution in [1.29, 1.82) is 0 Å². The van der Waals surface area contributed by atoms with Gasteiger partial charge in [-0.15, -0.1) is 0 Å². The van der Waals surface area contributed by atoms with Crippen molar-refractivity contribution in [1.82, 2.24) is 4.90 Å². The summed E-state index contributed by atoms with van der Waals surface area (Å²) in [4.78, 5) is 30.6. The van der Waals surface area contributed by atoms with Crippen LogP contribution in [0, 0.1) is 0 Å². The molecule has 1 heterocycles. The molecule has 6 nitrogen and oxygen atoms in total. The topological polar surface area (TPSA) is 53.1 Å². The molecule has 0 saturated carbocycles. The highest BCUT2D eigenvalue weighted by atomic mass is 16.6. The van der Waals surface area contributed by atoms with Crippen LogP contribution in [0.4, 0.5) is 16.2 Å². The minimum Gasteiger partial charge on any atom is -0.444 e. The molecule has 0 radical (unpaired) electrons. The van der Waals surface area contributed by atoms with Crippen molar-refractivity contribution >= 4 is 23.4 Å². The molecular weight excluding hydrogens is 402 g/mol. The van der Waals surface area contributed by atoms with Gasteiger partial charge < -0.3 is 19.4 Å². The van der Waals surface area contributed by atoms with Gasteiger partial charge in [-0.1, -0.05) is 30.3 Å². The lowest BCUT2D eigenvalue weighted by Gasteiger charge is -2.36. The molecule has 0 aliphatic carbocycles. The first-order valence-corrected chi connectivity index (χ1v) is 11.4. The van der Waals surface area contributed by atoms with E-state index in [1.54, 1.807) is 9.80 Å². The van der Waals surface area contributed by atoms with Crippen molar-refractivity contribution in [3.63, 3.8) is 0 Å². The maximum absolute atomic E-state index is 12.6. The first kappa shape index (κ1) is 23.6. The Balaban J connectivity index is 1.47. The number of carbonyl (C=O) groups is 2. The fraction of sp³-hybridized carbons (Fsp3) is 0.462. The van der Waals surface area contributed by atoms with Gasteiger partial charge in [0.25, 0.3) is 0 Å². The number of carbonyl (C=O) groups excluding carboxylic acids is 2. The van der Waals surface area contributed by atoms with Crippen LogP contribution in [0.5, 0.6) is 0 Å². The molecule has 32 heavy (non-hydrogen) atoms. The van der Waals surface area contributed by atoms with E-state index >= 15 is 0 Å². The normalized spacial score (nSPS) is 14.2. The third kappa shape index (κ3) is 6.74. The first-order valence-electron chi connectivity index (χ1n) is 11.4. The van der Waals surface area contributed by atoms with Gasteiger partial charge in [-0.3, -0.25) is 4.79 Å². The standard InChI is InChI=1S/C26H35N3O3/c1-26(2,3)32-25(31)29-19-17-28(18-20-29)23-15-13-22(14-16-23)27(4)24(30)12-8-11-21-9-6-5-7-10-21/h5-7,9-10,13-16H,8,11-12,17-20H2,1-4H3. The average molecular weight is 438 g/mol. The lowest BCUT2D eigenvalue weighted by molar-refractivity contribution is -0.118. The summed E-state index contributed by atoms with van der Waals surface area (Å²) in [6, 6.07) is 18.3. The number of piperazine rings is 1. The van der Waals surface area contributed by atoms with E-state index in [2.05, 4.69) is 17.0 Å². The van der Waals surface area contributed by atoms with E-state index in [1.165, 1.54) is 5.56 Å². The molecule has 0 bridgehead atoms. The number of ether oxygens (including phenoxy) is 1. The van der Waals surface area contributed by atoms with Crippen LogP contribution in [0.2, 0.25) is 0 Å². The molecule has 1 aliphatic heterocycles. The second-order valence-corrected chi connectivity index (χ2v) is 9.26. The molecular formula is C26H35N3O3. The van der Waals surface area contributed by atoms with Gasteiger partial charge in [-0.25, -0.2) is 4.79 Å². The second kappa shape index (κ2) is 10.5. The van der Waals surface area contributed by atoms with Crippen molar-refractivity contribution < 1.29 is 14.3 Å². The van der Waals surface area contributed by atoms with Crippen LogP contribution in [0.3, 0.4) is 0 Å². The van der Waals surface area contributed by atoms with E-state index in [1.807, 2.05) is 70.3 Å². The lowest BCUT2D eigenvalue weighted by Crippen LogP contribution is -2.50. The van der Waals surface area contributed by atoms with Gasteiger partial charge in [0, 0.05) is 51.0 Å². The van der Waals surface area contributed by atoms with Crippen LogP contribution < -0.4 is 9.80 Å². The van der Waals surface area contributed by atoms with Crippen LogP contribution in [0.25, 0.3) is 0 Å². The van der Waals surface area contributed by atoms with E-state index in [4.69, 9.17) is 4.74 Å². The molecule has 0 aromatic heterocycles. The number of benzene rings is 2. The number of amides is 2. The van der Waals surface area contributed by atoms with Crippen LogP contribution in [-0.2, 0) is 16.0 Å². The van der Waals surface area contributed by atoms with Crippen molar-refractivity contribution in [2.75, 3.05) is 43.0 Å². The number of rotatable bonds is 6. The SMILES string of the molecule is CN(C(=O)CCCc1ccccc1)c1ccc(N2CCN(C(=O)OC(C)(C)C)CC2)cc1. The molecule has 2 amide bonds. The Labute approximate surface area is 191 Å². The maximum atomic E-state index is 12.6. The maximum Gasteiger partial charge on any atom is 0.410 e. The quantitative estimate of drug-likeness (QED) is 0.656. The Bertz CT molecular complexity index is 883. The molecule has 0 atom stereocenters. The van der Waals surface area contributed by atoms with Gasteiger partial charge in [0.05, 0.1) is 0 Å². The first-order chi connectivity index (χ1) is 15.2. The summed E-state index contributed by atoms with van der Waals surface area (Å²) in [5.41, 5.74) is 2.78. The van der Waals surface area contributed by atoms with Gasteiger partial charge in [-0.2, -0.15) is 0 Å². The van der Waals surface area contributed by atoms with E-state index in [0.29, 0.717) is 19.5 Å². The lowest BCUT2D eigenvalue weighted by atomic mass is 10.1. The van der Waals surface area contributed by atoms with Crippen LogP contribution in [0.1, 0.15) is 39.2 Å². The smallest absolute Gasteiger partial charge is 0.410 e. The van der Waals surface area contributed by atoms with Gasteiger partial charge in [0.2, 0.25) is 5.91 Å². The van der Waals surface area contributed by atoms with Gasteiger partial charge in [-0.05, 0) is 63.4 Å². The summed E-state index contributed by atoms with van der Waals surface area (Å²) in [6.45, 7) is 8.43. The molecule has 3 rings (SSSR count). The van der Waals surface area contributed by atoms with Crippen LogP contribution in [-0.4, -0.2) is 55.7 Å². The number of aryl methyl sites for hydroxylation is 1. The monoisotopic (exact) mass is 437 g/mol. The van der Waals surface area contributed by atoms with E-state index < -0.39 is 5.60 Å². The fourth-order valence-electron chi connectivity index (χ4n) is 3.76. The largest absolute Gasteiger partial charge is 0.444 e. The zero-order valence-corrected chi connectivity index (χ0v) is 19.7. The summed E-state index contributed by atoms with van der Waals surface area (Å²) in [5.74, 6) is 0.125. The molecule has 172 valence electrons. The van der Waals surface area contributed by atoms with Crippen molar-refractivity contribution in [2.24, 2.45) is 0 Å². The minimum atomic E-state index is -0.477. The molecule has 2 aromatic rings. The van der Waals surface area contributed by atoms with Crippen LogP contribution >= 0.6 is 0 Å². The molecule has 2 aromatic carbocycles. The summed E-state index contributed by atoms with van der Waals surface area (Å²) < 4.78 is 5.47. The van der Waals surface area contributed by atoms with Crippen molar-refractivity contribution in [2.45, 2.75) is 45.6 Å². The van der Waals surface area contributed by atoms with Crippen molar-refractivity contribution in [3.8, 4) is 0 Å². The Morgan fingerprint density at radius 1 is 0.938 bits per heavy atom. The predicted molar refractivity (Wildman–Crippen MR) is 129 cm³/mol. The zero-order chi connectivity index (χ0) is 23.1. The third-order valence-electron chi connectivity index (χ3n) is 5.61. The summed E-state index contributed by atoms with van der Waals surface area (Å²) in [6.07, 6.45) is 2.03.